The molecule has 6 heteroatoms. The van der Waals surface area contributed by atoms with Crippen LogP contribution in [0.1, 0.15) is 16.7 Å². The Balaban J connectivity index is 1.92. The predicted octanol–water partition coefficient (Wildman–Crippen LogP) is 3.11. The van der Waals surface area contributed by atoms with Crippen LogP contribution in [-0.4, -0.2) is 9.97 Å². The van der Waals surface area contributed by atoms with Crippen LogP contribution in [0.2, 0.25) is 0 Å². The quantitative estimate of drug-likeness (QED) is 0.768. The van der Waals surface area contributed by atoms with Crippen molar-refractivity contribution < 1.29 is 4.42 Å². The number of benzene rings is 1. The monoisotopic (exact) mass is 305 g/mol. The normalized spacial score (nSPS) is 10.3. The molecule has 114 valence electrons. The second-order valence-corrected chi connectivity index (χ2v) is 5.08. The third-order valence-corrected chi connectivity index (χ3v) is 3.37. The number of nitrogens with zero attached hydrogens (tertiary/aromatic N) is 3. The maximum atomic E-state index is 9.47. The number of nitrogen functional groups attached to an aromatic ring is 1. The van der Waals surface area contributed by atoms with Gasteiger partial charge in [-0.3, -0.25) is 0 Å². The standard InChI is InChI=1S/C17H15N5O/c1-11-4-6-12(7-5-11)10-20-16-13(9-18)15(21-17(19)22-16)14-3-2-8-23-14/h2-8H,10H2,1H3,(H3,19,20,21,22). The molecule has 0 saturated carbocycles. The molecule has 0 unspecified atom stereocenters. The van der Waals surface area contributed by atoms with Gasteiger partial charge in [0.05, 0.1) is 6.26 Å². The highest BCUT2D eigenvalue weighted by molar-refractivity contribution is 5.71. The van der Waals surface area contributed by atoms with Crippen LogP contribution in [-0.2, 0) is 6.54 Å². The third-order valence-electron chi connectivity index (χ3n) is 3.37. The van der Waals surface area contributed by atoms with Crippen molar-refractivity contribution in [3.63, 3.8) is 0 Å². The van der Waals surface area contributed by atoms with Crippen molar-refractivity contribution in [1.82, 2.24) is 9.97 Å². The second-order valence-electron chi connectivity index (χ2n) is 5.08. The molecule has 0 aliphatic rings. The number of hydrogen-bond donors (Lipinski definition) is 2. The van der Waals surface area contributed by atoms with Crippen molar-refractivity contribution in [2.45, 2.75) is 13.5 Å². The SMILES string of the molecule is Cc1ccc(CNc2nc(N)nc(-c3ccco3)c2C#N)cc1. The molecule has 6 nitrogen and oxygen atoms in total. The first kappa shape index (κ1) is 14.6. The highest BCUT2D eigenvalue weighted by Crippen LogP contribution is 2.27. The van der Waals surface area contributed by atoms with Gasteiger partial charge in [-0.05, 0) is 24.6 Å². The summed E-state index contributed by atoms with van der Waals surface area (Å²) in [4.78, 5) is 8.26. The molecule has 1 aromatic carbocycles. The highest BCUT2D eigenvalue weighted by atomic mass is 16.3. The van der Waals surface area contributed by atoms with E-state index in [-0.39, 0.29) is 5.95 Å². The molecule has 2 heterocycles. The van der Waals surface area contributed by atoms with Gasteiger partial charge in [0.25, 0.3) is 0 Å². The summed E-state index contributed by atoms with van der Waals surface area (Å²) in [5.41, 5.74) is 8.73. The van der Waals surface area contributed by atoms with Crippen LogP contribution in [0, 0.1) is 18.3 Å². The minimum absolute atomic E-state index is 0.0850. The lowest BCUT2D eigenvalue weighted by Gasteiger charge is -2.10. The first-order valence-electron chi connectivity index (χ1n) is 7.08. The number of nitrogens with two attached hydrogens (primary N) is 1. The smallest absolute Gasteiger partial charge is 0.222 e. The Bertz CT molecular complexity index is 848. The Morgan fingerprint density at radius 3 is 2.65 bits per heavy atom. The zero-order valence-corrected chi connectivity index (χ0v) is 12.6. The molecule has 0 bridgehead atoms. The van der Waals surface area contributed by atoms with Gasteiger partial charge in [-0.1, -0.05) is 29.8 Å². The van der Waals surface area contributed by atoms with Crippen LogP contribution in [0.5, 0.6) is 0 Å². The number of aromatic nitrogens is 2. The summed E-state index contributed by atoms with van der Waals surface area (Å²) < 4.78 is 5.32. The Morgan fingerprint density at radius 1 is 1.22 bits per heavy atom. The summed E-state index contributed by atoms with van der Waals surface area (Å²) in [7, 11) is 0. The molecule has 0 aliphatic heterocycles. The van der Waals surface area contributed by atoms with Crippen LogP contribution in [0.25, 0.3) is 11.5 Å². The van der Waals surface area contributed by atoms with E-state index in [1.54, 1.807) is 12.1 Å². The molecule has 23 heavy (non-hydrogen) atoms. The van der Waals surface area contributed by atoms with Gasteiger partial charge < -0.3 is 15.5 Å². The van der Waals surface area contributed by atoms with Crippen LogP contribution in [0.3, 0.4) is 0 Å². The predicted molar refractivity (Wildman–Crippen MR) is 87.4 cm³/mol. The third kappa shape index (κ3) is 3.14. The van der Waals surface area contributed by atoms with E-state index in [1.165, 1.54) is 11.8 Å². The van der Waals surface area contributed by atoms with Gasteiger partial charge in [0, 0.05) is 6.54 Å². The van der Waals surface area contributed by atoms with Gasteiger partial charge in [0.1, 0.15) is 17.3 Å². The number of nitriles is 1. The Kier molecular flexibility index (Phi) is 3.93. The fourth-order valence-electron chi connectivity index (χ4n) is 2.20. The molecule has 0 saturated heterocycles. The van der Waals surface area contributed by atoms with E-state index in [2.05, 4.69) is 21.4 Å². The summed E-state index contributed by atoms with van der Waals surface area (Å²) in [5.74, 6) is 0.961. The molecular weight excluding hydrogens is 290 g/mol. The number of nitrogens with one attached hydrogen (secondary N) is 1. The van der Waals surface area contributed by atoms with Crippen molar-refractivity contribution in [3.8, 4) is 17.5 Å². The minimum atomic E-state index is 0.0850. The summed E-state index contributed by atoms with van der Waals surface area (Å²) in [6, 6.07) is 13.7. The summed E-state index contributed by atoms with van der Waals surface area (Å²) in [6.45, 7) is 2.56. The summed E-state index contributed by atoms with van der Waals surface area (Å²) in [5, 5.41) is 12.6. The van der Waals surface area contributed by atoms with Crippen molar-refractivity contribution in [1.29, 1.82) is 5.26 Å². The number of anilines is 2. The lowest BCUT2D eigenvalue weighted by molar-refractivity contribution is 0.580. The van der Waals surface area contributed by atoms with E-state index in [1.807, 2.05) is 31.2 Å². The average molecular weight is 305 g/mol. The van der Waals surface area contributed by atoms with E-state index >= 15 is 0 Å². The number of hydrogen-bond acceptors (Lipinski definition) is 6. The molecule has 0 aliphatic carbocycles. The van der Waals surface area contributed by atoms with Crippen molar-refractivity contribution in [3.05, 3.63) is 59.4 Å². The van der Waals surface area contributed by atoms with Crippen LogP contribution < -0.4 is 11.1 Å². The highest BCUT2D eigenvalue weighted by Gasteiger charge is 2.16. The van der Waals surface area contributed by atoms with E-state index in [9.17, 15) is 5.26 Å². The second kappa shape index (κ2) is 6.20. The van der Waals surface area contributed by atoms with E-state index in [0.29, 0.717) is 29.4 Å². The molecule has 3 aromatic rings. The van der Waals surface area contributed by atoms with Gasteiger partial charge in [-0.25, -0.2) is 4.98 Å². The Labute approximate surface area is 133 Å². The van der Waals surface area contributed by atoms with Crippen molar-refractivity contribution >= 4 is 11.8 Å². The molecule has 0 atom stereocenters. The maximum Gasteiger partial charge on any atom is 0.222 e. The van der Waals surface area contributed by atoms with Gasteiger partial charge in [-0.2, -0.15) is 10.2 Å². The zero-order chi connectivity index (χ0) is 16.2. The van der Waals surface area contributed by atoms with E-state index < -0.39 is 0 Å². The van der Waals surface area contributed by atoms with Crippen LogP contribution >= 0.6 is 0 Å². The molecule has 0 spiro atoms. The number of furan rings is 1. The van der Waals surface area contributed by atoms with Gasteiger partial charge >= 0.3 is 0 Å². The molecule has 3 rings (SSSR count). The van der Waals surface area contributed by atoms with Crippen LogP contribution in [0.4, 0.5) is 11.8 Å². The largest absolute Gasteiger partial charge is 0.463 e. The molecule has 0 amide bonds. The average Bonchev–Trinajstić information content (AvgIpc) is 3.08. The van der Waals surface area contributed by atoms with Gasteiger partial charge in [-0.15, -0.1) is 0 Å². The fraction of sp³-hybridized carbons (Fsp3) is 0.118. The molecular formula is C17H15N5O. The minimum Gasteiger partial charge on any atom is -0.463 e. The lowest BCUT2D eigenvalue weighted by Crippen LogP contribution is -2.08. The zero-order valence-electron chi connectivity index (χ0n) is 12.6. The van der Waals surface area contributed by atoms with Crippen molar-refractivity contribution in [2.75, 3.05) is 11.1 Å². The Hall–Kier alpha value is -3.33. The molecule has 0 radical (unpaired) electrons. The maximum absolute atomic E-state index is 9.47. The van der Waals surface area contributed by atoms with Crippen molar-refractivity contribution in [2.24, 2.45) is 0 Å². The van der Waals surface area contributed by atoms with Crippen LogP contribution in [0.15, 0.2) is 47.1 Å². The lowest BCUT2D eigenvalue weighted by atomic mass is 10.1. The van der Waals surface area contributed by atoms with E-state index in [0.717, 1.165) is 5.56 Å². The Morgan fingerprint density at radius 2 is 2.00 bits per heavy atom. The number of rotatable bonds is 4. The first-order chi connectivity index (χ1) is 11.2. The van der Waals surface area contributed by atoms with Gasteiger partial charge in [0.15, 0.2) is 11.6 Å². The molecule has 2 aromatic heterocycles. The topological polar surface area (TPSA) is 101 Å². The molecule has 3 N–H and O–H groups in total. The summed E-state index contributed by atoms with van der Waals surface area (Å²) >= 11 is 0. The first-order valence-corrected chi connectivity index (χ1v) is 7.08. The van der Waals surface area contributed by atoms with Gasteiger partial charge in [0.2, 0.25) is 5.95 Å². The number of aryl methyl sites for hydroxylation is 1. The summed E-state index contributed by atoms with van der Waals surface area (Å²) in [6.07, 6.45) is 1.52. The van der Waals surface area contributed by atoms with E-state index in [4.69, 9.17) is 10.2 Å². The molecule has 0 fully saturated rings. The fourth-order valence-corrected chi connectivity index (χ4v) is 2.20.